The lowest BCUT2D eigenvalue weighted by Crippen LogP contribution is -2.45. The first-order valence-electron chi connectivity index (χ1n) is 8.06. The summed E-state index contributed by atoms with van der Waals surface area (Å²) in [5, 5.41) is 3.04. The van der Waals surface area contributed by atoms with Gasteiger partial charge in [-0.1, -0.05) is 48.5 Å². The molecular weight excluding hydrogens is 284 g/mol. The molecule has 3 rings (SSSR count). The van der Waals surface area contributed by atoms with Gasteiger partial charge >= 0.3 is 0 Å². The highest BCUT2D eigenvalue weighted by atomic mass is 16.2. The second-order valence-corrected chi connectivity index (χ2v) is 7.29. The zero-order valence-electron chi connectivity index (χ0n) is 14.3. The lowest BCUT2D eigenvalue weighted by atomic mass is 10.0. The van der Waals surface area contributed by atoms with Crippen molar-refractivity contribution in [3.05, 3.63) is 59.7 Å². The molecule has 0 radical (unpaired) electrons. The summed E-state index contributed by atoms with van der Waals surface area (Å²) in [6.07, 6.45) is 0. The maximum absolute atomic E-state index is 12.3. The standard InChI is InChI=1S/C20H24N2O/c1-20(2,3)21-18(23)13-22(4)19-16-11-7-5-9-14(16)15-10-6-8-12-17(15)19/h5-12,19H,13H2,1-4H3,(H,21,23). The van der Waals surface area contributed by atoms with Crippen LogP contribution < -0.4 is 5.32 Å². The van der Waals surface area contributed by atoms with Gasteiger partial charge in [0.15, 0.2) is 0 Å². The molecule has 0 saturated heterocycles. The van der Waals surface area contributed by atoms with Gasteiger partial charge in [-0.3, -0.25) is 9.69 Å². The molecule has 2 aromatic rings. The van der Waals surface area contributed by atoms with Crippen LogP contribution in [0.15, 0.2) is 48.5 Å². The summed E-state index contributed by atoms with van der Waals surface area (Å²) < 4.78 is 0. The number of hydrogen-bond acceptors (Lipinski definition) is 2. The van der Waals surface area contributed by atoms with Crippen LogP contribution in [0.25, 0.3) is 11.1 Å². The molecule has 0 aromatic heterocycles. The van der Waals surface area contributed by atoms with Crippen molar-refractivity contribution in [2.75, 3.05) is 13.6 Å². The minimum Gasteiger partial charge on any atom is -0.350 e. The van der Waals surface area contributed by atoms with Crippen molar-refractivity contribution < 1.29 is 4.79 Å². The first kappa shape index (κ1) is 15.8. The van der Waals surface area contributed by atoms with E-state index in [1.54, 1.807) is 0 Å². The number of hydrogen-bond donors (Lipinski definition) is 1. The molecule has 0 fully saturated rings. The number of nitrogens with one attached hydrogen (secondary N) is 1. The Balaban J connectivity index is 1.89. The molecule has 1 amide bonds. The summed E-state index contributed by atoms with van der Waals surface area (Å²) in [5.41, 5.74) is 4.90. The molecule has 3 heteroatoms. The third-order valence-corrected chi connectivity index (χ3v) is 4.15. The first-order chi connectivity index (χ1) is 10.9. The molecule has 1 aliphatic carbocycles. The topological polar surface area (TPSA) is 32.3 Å². The Hall–Kier alpha value is -2.13. The lowest BCUT2D eigenvalue weighted by Gasteiger charge is -2.28. The van der Waals surface area contributed by atoms with Gasteiger partial charge in [-0.2, -0.15) is 0 Å². The average Bonchev–Trinajstić information content (AvgIpc) is 2.79. The van der Waals surface area contributed by atoms with Gasteiger partial charge in [-0.15, -0.1) is 0 Å². The first-order valence-corrected chi connectivity index (χ1v) is 8.06. The fourth-order valence-electron chi connectivity index (χ4n) is 3.38. The van der Waals surface area contributed by atoms with Gasteiger partial charge < -0.3 is 5.32 Å². The van der Waals surface area contributed by atoms with E-state index in [0.29, 0.717) is 6.54 Å². The number of amides is 1. The molecule has 120 valence electrons. The Morgan fingerprint density at radius 2 is 1.48 bits per heavy atom. The van der Waals surface area contributed by atoms with Crippen molar-refractivity contribution in [3.63, 3.8) is 0 Å². The molecule has 3 nitrogen and oxygen atoms in total. The van der Waals surface area contributed by atoms with E-state index in [1.807, 2.05) is 27.8 Å². The van der Waals surface area contributed by atoms with Gasteiger partial charge in [0, 0.05) is 5.54 Å². The van der Waals surface area contributed by atoms with Crippen LogP contribution in [0, 0.1) is 0 Å². The SMILES string of the molecule is CN(CC(=O)NC(C)(C)C)C1c2ccccc2-c2ccccc21. The Morgan fingerprint density at radius 3 is 1.96 bits per heavy atom. The van der Waals surface area contributed by atoms with E-state index < -0.39 is 0 Å². The molecule has 1 N–H and O–H groups in total. The van der Waals surface area contributed by atoms with E-state index in [0.717, 1.165) is 0 Å². The highest BCUT2D eigenvalue weighted by molar-refractivity contribution is 5.81. The number of rotatable bonds is 3. The van der Waals surface area contributed by atoms with Crippen LogP contribution in [0.4, 0.5) is 0 Å². The predicted octanol–water partition coefficient (Wildman–Crippen LogP) is 3.60. The number of benzene rings is 2. The van der Waals surface area contributed by atoms with Crippen molar-refractivity contribution in [2.24, 2.45) is 0 Å². The van der Waals surface area contributed by atoms with Crippen molar-refractivity contribution in [1.82, 2.24) is 10.2 Å². The molecule has 23 heavy (non-hydrogen) atoms. The van der Waals surface area contributed by atoms with Crippen molar-refractivity contribution in [1.29, 1.82) is 0 Å². The van der Waals surface area contributed by atoms with Crippen LogP contribution >= 0.6 is 0 Å². The molecular formula is C20H24N2O. The normalized spacial score (nSPS) is 13.8. The Bertz CT molecular complexity index is 685. The van der Waals surface area contributed by atoms with Crippen LogP contribution in [0.3, 0.4) is 0 Å². The summed E-state index contributed by atoms with van der Waals surface area (Å²) in [5.74, 6) is 0.0573. The summed E-state index contributed by atoms with van der Waals surface area (Å²) in [7, 11) is 2.02. The number of likely N-dealkylation sites (N-methyl/N-ethyl adjacent to an activating group) is 1. The van der Waals surface area contributed by atoms with Gasteiger partial charge in [0.1, 0.15) is 0 Å². The highest BCUT2D eigenvalue weighted by Gasteiger charge is 2.31. The van der Waals surface area contributed by atoms with Crippen molar-refractivity contribution >= 4 is 5.91 Å². The van der Waals surface area contributed by atoms with E-state index in [1.165, 1.54) is 22.3 Å². The predicted molar refractivity (Wildman–Crippen MR) is 94.2 cm³/mol. The van der Waals surface area contributed by atoms with Crippen LogP contribution in [-0.4, -0.2) is 29.9 Å². The van der Waals surface area contributed by atoms with Gasteiger partial charge in [-0.25, -0.2) is 0 Å². The summed E-state index contributed by atoms with van der Waals surface area (Å²) >= 11 is 0. The quantitative estimate of drug-likeness (QED) is 0.939. The molecule has 2 aromatic carbocycles. The molecule has 0 atom stereocenters. The monoisotopic (exact) mass is 308 g/mol. The zero-order valence-corrected chi connectivity index (χ0v) is 14.3. The van der Waals surface area contributed by atoms with E-state index in [-0.39, 0.29) is 17.5 Å². The summed E-state index contributed by atoms with van der Waals surface area (Å²) in [6.45, 7) is 6.39. The third-order valence-electron chi connectivity index (χ3n) is 4.15. The molecule has 0 bridgehead atoms. The fourth-order valence-corrected chi connectivity index (χ4v) is 3.38. The third kappa shape index (κ3) is 3.15. The van der Waals surface area contributed by atoms with E-state index >= 15 is 0 Å². The minimum atomic E-state index is -0.205. The number of fused-ring (bicyclic) bond motifs is 3. The molecule has 1 aliphatic rings. The number of carbonyl (C=O) groups is 1. The smallest absolute Gasteiger partial charge is 0.234 e. The second-order valence-electron chi connectivity index (χ2n) is 7.29. The van der Waals surface area contributed by atoms with Gasteiger partial charge in [-0.05, 0) is 50.1 Å². The largest absolute Gasteiger partial charge is 0.350 e. The molecule has 0 aliphatic heterocycles. The van der Waals surface area contributed by atoms with Crippen molar-refractivity contribution in [2.45, 2.75) is 32.4 Å². The Kier molecular flexibility index (Phi) is 3.99. The second kappa shape index (κ2) is 5.82. The van der Waals surface area contributed by atoms with E-state index in [9.17, 15) is 4.79 Å². The zero-order chi connectivity index (χ0) is 16.6. The average molecular weight is 308 g/mol. The van der Waals surface area contributed by atoms with Crippen molar-refractivity contribution in [3.8, 4) is 11.1 Å². The summed E-state index contributed by atoms with van der Waals surface area (Å²) in [6, 6.07) is 17.1. The number of carbonyl (C=O) groups excluding carboxylic acids is 1. The molecule has 0 unspecified atom stereocenters. The Labute approximate surface area is 138 Å². The molecule has 0 heterocycles. The van der Waals surface area contributed by atoms with Crippen LogP contribution in [0.1, 0.15) is 37.9 Å². The van der Waals surface area contributed by atoms with Gasteiger partial charge in [0.05, 0.1) is 12.6 Å². The highest BCUT2D eigenvalue weighted by Crippen LogP contribution is 2.45. The van der Waals surface area contributed by atoms with E-state index in [2.05, 4.69) is 58.7 Å². The molecule has 0 spiro atoms. The van der Waals surface area contributed by atoms with Crippen LogP contribution in [-0.2, 0) is 4.79 Å². The van der Waals surface area contributed by atoms with E-state index in [4.69, 9.17) is 0 Å². The number of nitrogens with zero attached hydrogens (tertiary/aromatic N) is 1. The van der Waals surface area contributed by atoms with Gasteiger partial charge in [0.2, 0.25) is 5.91 Å². The lowest BCUT2D eigenvalue weighted by molar-refractivity contribution is -0.123. The molecule has 0 saturated carbocycles. The Morgan fingerprint density at radius 1 is 1.00 bits per heavy atom. The minimum absolute atomic E-state index is 0.0573. The van der Waals surface area contributed by atoms with Crippen LogP contribution in [0.5, 0.6) is 0 Å². The fraction of sp³-hybridized carbons (Fsp3) is 0.350. The maximum atomic E-state index is 12.3. The maximum Gasteiger partial charge on any atom is 0.234 e. The van der Waals surface area contributed by atoms with Crippen LogP contribution in [0.2, 0.25) is 0 Å². The summed E-state index contributed by atoms with van der Waals surface area (Å²) in [4.78, 5) is 14.4. The van der Waals surface area contributed by atoms with Gasteiger partial charge in [0.25, 0.3) is 0 Å².